The van der Waals surface area contributed by atoms with Crippen LogP contribution in [0.2, 0.25) is 0 Å². The molecule has 0 aromatic rings. The average molecular weight is 283 g/mol. The van der Waals surface area contributed by atoms with E-state index in [0.717, 1.165) is 0 Å². The van der Waals surface area contributed by atoms with E-state index in [1.54, 1.807) is 6.08 Å². The minimum absolute atomic E-state index is 0.251. The summed E-state index contributed by atoms with van der Waals surface area (Å²) in [6.07, 6.45) is 1.64. The molecule has 8 heavy (non-hydrogen) atoms. The van der Waals surface area contributed by atoms with Crippen LogP contribution in [0.5, 0.6) is 0 Å². The first-order valence-electron chi connectivity index (χ1n) is 1.83. The van der Waals surface area contributed by atoms with Crippen molar-refractivity contribution < 1.29 is 0 Å². The molecule has 0 unspecified atom stereocenters. The highest BCUT2D eigenvalue weighted by Crippen LogP contribution is 2.29. The molecular weight excluding hydrogens is 279 g/mol. The highest BCUT2D eigenvalue weighted by atomic mass is 79.9. The van der Waals surface area contributed by atoms with E-state index in [4.69, 9.17) is 23.2 Å². The number of hydrogen-bond acceptors (Lipinski definition) is 0. The van der Waals surface area contributed by atoms with E-state index in [1.165, 1.54) is 0 Å². The molecule has 0 bridgehead atoms. The Balaban J connectivity index is 3.89. The fourth-order valence-electron chi connectivity index (χ4n) is 0.192. The van der Waals surface area contributed by atoms with E-state index in [-0.39, 0.29) is 7.72 Å². The molecular formula is C4H4Br2Cl2. The van der Waals surface area contributed by atoms with E-state index >= 15 is 0 Å². The molecule has 0 spiro atoms. The van der Waals surface area contributed by atoms with Crippen molar-refractivity contribution in [2.75, 3.05) is 0 Å². The lowest BCUT2D eigenvalue weighted by Crippen LogP contribution is -1.96. The van der Waals surface area contributed by atoms with Crippen LogP contribution in [0, 0.1) is 0 Å². The molecule has 4 heteroatoms. The maximum atomic E-state index is 5.33. The molecule has 0 aromatic heterocycles. The van der Waals surface area contributed by atoms with Gasteiger partial charge < -0.3 is 0 Å². The zero-order valence-corrected chi connectivity index (χ0v) is 8.77. The van der Waals surface area contributed by atoms with Crippen molar-refractivity contribution in [3.8, 4) is 0 Å². The summed E-state index contributed by atoms with van der Waals surface area (Å²) < 4.78 is -0.0278. The summed E-state index contributed by atoms with van der Waals surface area (Å²) in [4.78, 5) is 0. The van der Waals surface area contributed by atoms with Gasteiger partial charge in [-0.15, -0.1) is 0 Å². The molecule has 0 aliphatic rings. The van der Waals surface area contributed by atoms with Gasteiger partial charge in [-0.2, -0.15) is 0 Å². The Kier molecular flexibility index (Phi) is 4.00. The van der Waals surface area contributed by atoms with Crippen LogP contribution >= 0.6 is 55.1 Å². The Hall–Kier alpha value is 1.28. The summed E-state index contributed by atoms with van der Waals surface area (Å²) >= 11 is 17.2. The van der Waals surface area contributed by atoms with E-state index < -0.39 is 0 Å². The number of halogens is 4. The van der Waals surface area contributed by atoms with E-state index in [2.05, 4.69) is 31.9 Å². The number of alkyl halides is 2. The fourth-order valence-corrected chi connectivity index (χ4v) is 1.61. The van der Waals surface area contributed by atoms with Gasteiger partial charge in [0.25, 0.3) is 0 Å². The third kappa shape index (κ3) is 7.28. The van der Waals surface area contributed by atoms with Gasteiger partial charge in [0.1, 0.15) is 4.49 Å². The first-order valence-corrected chi connectivity index (χ1v) is 4.18. The van der Waals surface area contributed by atoms with Crippen molar-refractivity contribution in [1.82, 2.24) is 0 Å². The summed E-state index contributed by atoms with van der Waals surface area (Å²) in [5.74, 6) is 0. The van der Waals surface area contributed by atoms with Gasteiger partial charge >= 0.3 is 0 Å². The van der Waals surface area contributed by atoms with E-state index in [1.807, 2.05) is 6.92 Å². The maximum absolute atomic E-state index is 5.33. The van der Waals surface area contributed by atoms with Crippen LogP contribution in [0.25, 0.3) is 0 Å². The molecule has 0 rings (SSSR count). The molecule has 0 fully saturated rings. The van der Waals surface area contributed by atoms with Gasteiger partial charge in [0.05, 0.1) is 3.23 Å². The quantitative estimate of drug-likeness (QED) is 0.642. The van der Waals surface area contributed by atoms with Gasteiger partial charge in [-0.3, -0.25) is 0 Å². The minimum Gasteiger partial charge on any atom is -0.0712 e. The van der Waals surface area contributed by atoms with Crippen LogP contribution < -0.4 is 0 Å². The van der Waals surface area contributed by atoms with Crippen LogP contribution in [0.1, 0.15) is 6.92 Å². The van der Waals surface area contributed by atoms with Crippen LogP contribution in [-0.2, 0) is 0 Å². The molecule has 48 valence electrons. The number of hydrogen-bond donors (Lipinski definition) is 0. The third-order valence-electron chi connectivity index (χ3n) is 0.363. The Bertz CT molecular complexity index is 99.1. The van der Waals surface area contributed by atoms with E-state index in [0.29, 0.717) is 0 Å². The lowest BCUT2D eigenvalue weighted by Gasteiger charge is -2.04. The van der Waals surface area contributed by atoms with Gasteiger partial charge in [-0.05, 0) is 13.0 Å². The molecule has 0 radical (unpaired) electrons. The van der Waals surface area contributed by atoms with Gasteiger partial charge in [-0.1, -0.05) is 55.1 Å². The molecule has 0 amide bonds. The first kappa shape index (κ1) is 9.28. The van der Waals surface area contributed by atoms with Crippen molar-refractivity contribution in [3.63, 3.8) is 0 Å². The van der Waals surface area contributed by atoms with Crippen molar-refractivity contribution in [3.05, 3.63) is 10.6 Å². The molecule has 0 heterocycles. The van der Waals surface area contributed by atoms with Crippen LogP contribution in [0.4, 0.5) is 0 Å². The van der Waals surface area contributed by atoms with Gasteiger partial charge in [0, 0.05) is 0 Å². The van der Waals surface area contributed by atoms with Crippen molar-refractivity contribution in [2.45, 2.75) is 10.2 Å². The monoisotopic (exact) mass is 280 g/mol. The number of rotatable bonds is 1. The summed E-state index contributed by atoms with van der Waals surface area (Å²) in [6.45, 7) is 1.87. The Morgan fingerprint density at radius 3 is 1.88 bits per heavy atom. The lowest BCUT2D eigenvalue weighted by molar-refractivity contribution is 1.21. The highest BCUT2D eigenvalue weighted by molar-refractivity contribution is 9.25. The summed E-state index contributed by atoms with van der Waals surface area (Å²) in [5, 5.41) is 0. The predicted molar refractivity (Wildman–Crippen MR) is 46.0 cm³/mol. The van der Waals surface area contributed by atoms with Crippen molar-refractivity contribution in [2.24, 2.45) is 0 Å². The zero-order valence-electron chi connectivity index (χ0n) is 4.09. The second-order valence-electron chi connectivity index (χ2n) is 1.39. The smallest absolute Gasteiger partial charge is 0.0712 e. The Labute approximate surface area is 75.5 Å². The van der Waals surface area contributed by atoms with Crippen molar-refractivity contribution >= 4 is 55.1 Å². The molecule has 0 nitrogen and oxygen atoms in total. The Morgan fingerprint density at radius 2 is 1.88 bits per heavy atom. The Morgan fingerprint density at radius 1 is 1.50 bits per heavy atom. The fraction of sp³-hybridized carbons (Fsp3) is 0.500. The van der Waals surface area contributed by atoms with Gasteiger partial charge in [-0.25, -0.2) is 0 Å². The number of allylic oxidation sites excluding steroid dienone is 1. The normalized spacial score (nSPS) is 11.1. The summed E-state index contributed by atoms with van der Waals surface area (Å²) in [7, 11) is 0. The predicted octanol–water partition coefficient (Wildman–Crippen LogP) is 3.81. The van der Waals surface area contributed by atoms with Gasteiger partial charge in [0.15, 0.2) is 0 Å². The molecule has 0 N–H and O–H groups in total. The second-order valence-corrected chi connectivity index (χ2v) is 6.76. The second kappa shape index (κ2) is 3.45. The van der Waals surface area contributed by atoms with Gasteiger partial charge in [0.2, 0.25) is 0 Å². The average Bonchev–Trinajstić information content (AvgIpc) is 1.21. The maximum Gasteiger partial charge on any atom is 0.105 e. The van der Waals surface area contributed by atoms with E-state index in [9.17, 15) is 0 Å². The van der Waals surface area contributed by atoms with Crippen molar-refractivity contribution in [1.29, 1.82) is 0 Å². The molecule has 0 saturated heterocycles. The van der Waals surface area contributed by atoms with Crippen LogP contribution in [-0.4, -0.2) is 3.23 Å². The third-order valence-corrected chi connectivity index (χ3v) is 1.04. The molecule has 0 aliphatic carbocycles. The first-order chi connectivity index (χ1) is 3.42. The SMILES string of the molecule is CC(Br)(Br)C=C(Cl)Cl. The van der Waals surface area contributed by atoms with Crippen LogP contribution in [0.15, 0.2) is 10.6 Å². The zero-order chi connectivity index (χ0) is 6.78. The molecule has 0 atom stereocenters. The standard InChI is InChI=1S/C4H4Br2Cl2/c1-4(5,6)2-3(7)8/h2H,1H3. The molecule has 0 aliphatic heterocycles. The highest BCUT2D eigenvalue weighted by Gasteiger charge is 2.10. The molecule has 0 saturated carbocycles. The molecule has 0 aromatic carbocycles. The lowest BCUT2D eigenvalue weighted by atomic mass is 10.5. The largest absolute Gasteiger partial charge is 0.105 e. The summed E-state index contributed by atoms with van der Waals surface area (Å²) in [5.41, 5.74) is 0. The summed E-state index contributed by atoms with van der Waals surface area (Å²) in [6, 6.07) is 0. The topological polar surface area (TPSA) is 0 Å². The minimum atomic E-state index is -0.279. The van der Waals surface area contributed by atoms with Crippen LogP contribution in [0.3, 0.4) is 0 Å².